The van der Waals surface area contributed by atoms with Crippen molar-refractivity contribution in [1.82, 2.24) is 20.4 Å². The molecular weight excluding hydrogens is 531 g/mol. The molecule has 6 nitrogen and oxygen atoms in total. The topological polar surface area (TPSA) is 64.7 Å². The molecule has 0 aliphatic carbocycles. The van der Waals surface area contributed by atoms with Gasteiger partial charge in [-0.25, -0.2) is 0 Å². The highest BCUT2D eigenvalue weighted by atomic mass is 35.5. The summed E-state index contributed by atoms with van der Waals surface area (Å²) in [4.78, 5) is 31.0. The number of carbonyl (C=O) groups excluding carboxylic acids is 2. The van der Waals surface area contributed by atoms with E-state index in [2.05, 4.69) is 60.7 Å². The Bertz CT molecular complexity index is 1050. The molecule has 39 heavy (non-hydrogen) atoms. The van der Waals surface area contributed by atoms with Gasteiger partial charge in [-0.15, -0.1) is 0 Å². The Hall–Kier alpha value is -2.12. The number of unbranched alkanes of at least 4 members (excludes halogenated alkanes) is 2. The Balaban J connectivity index is 1.68. The Morgan fingerprint density at radius 1 is 1.10 bits per heavy atom. The Labute approximate surface area is 244 Å². The first-order valence-electron chi connectivity index (χ1n) is 14.3. The van der Waals surface area contributed by atoms with Crippen LogP contribution in [0.2, 0.25) is 10.0 Å². The standard InChI is InChI=1S/C31H44Cl2N4O2/c1-4-6-10-17-36(3)18-16-29-31(39)37(22-23(5-2)24-11-8-7-9-12-24)19-15-26(35-29)21-34-30(38)25-13-14-27(32)28(33)20-25/h7-9,11-14,20,23,26,29,35H,4-6,10,15-19,21-22H2,1-3H3,(H,34,38)/t23?,26-,29-/m0/s1. The molecule has 1 unspecified atom stereocenters. The van der Waals surface area contributed by atoms with Crippen LogP contribution in [0.1, 0.15) is 74.2 Å². The van der Waals surface area contributed by atoms with Gasteiger partial charge in [-0.2, -0.15) is 0 Å². The maximum Gasteiger partial charge on any atom is 0.251 e. The van der Waals surface area contributed by atoms with Crippen molar-refractivity contribution in [2.75, 3.05) is 39.8 Å². The van der Waals surface area contributed by atoms with Crippen molar-refractivity contribution >= 4 is 35.0 Å². The summed E-state index contributed by atoms with van der Waals surface area (Å²) in [5, 5.41) is 7.39. The van der Waals surface area contributed by atoms with E-state index < -0.39 is 0 Å². The molecule has 0 spiro atoms. The average Bonchev–Trinajstić information content (AvgIpc) is 3.09. The van der Waals surface area contributed by atoms with Crippen LogP contribution in [0.5, 0.6) is 0 Å². The second-order valence-corrected chi connectivity index (χ2v) is 11.5. The highest BCUT2D eigenvalue weighted by molar-refractivity contribution is 6.42. The van der Waals surface area contributed by atoms with Crippen LogP contribution < -0.4 is 10.6 Å². The van der Waals surface area contributed by atoms with Gasteiger partial charge in [0.25, 0.3) is 5.91 Å². The molecule has 2 aromatic rings. The van der Waals surface area contributed by atoms with E-state index in [-0.39, 0.29) is 23.9 Å². The predicted octanol–water partition coefficient (Wildman–Crippen LogP) is 5.99. The van der Waals surface area contributed by atoms with Gasteiger partial charge in [-0.3, -0.25) is 9.59 Å². The molecule has 1 aliphatic heterocycles. The molecular formula is C31H44Cl2N4O2. The first-order chi connectivity index (χ1) is 18.8. The average molecular weight is 576 g/mol. The highest BCUT2D eigenvalue weighted by Gasteiger charge is 2.32. The van der Waals surface area contributed by atoms with E-state index in [4.69, 9.17) is 23.2 Å². The van der Waals surface area contributed by atoms with Gasteiger partial charge in [0.2, 0.25) is 5.91 Å². The van der Waals surface area contributed by atoms with Crippen LogP contribution in [0, 0.1) is 0 Å². The molecule has 214 valence electrons. The van der Waals surface area contributed by atoms with Crippen LogP contribution in [0.15, 0.2) is 48.5 Å². The van der Waals surface area contributed by atoms with Crippen LogP contribution in [0.4, 0.5) is 0 Å². The predicted molar refractivity (Wildman–Crippen MR) is 162 cm³/mol. The highest BCUT2D eigenvalue weighted by Crippen LogP contribution is 2.24. The molecule has 3 rings (SSSR count). The SMILES string of the molecule is CCCCCN(C)CC[C@@H]1N[C@H](CNC(=O)c2ccc(Cl)c(Cl)c2)CCN(CC(CC)c2ccccc2)C1=O. The largest absolute Gasteiger partial charge is 0.350 e. The summed E-state index contributed by atoms with van der Waals surface area (Å²) in [5.74, 6) is 0.244. The zero-order chi connectivity index (χ0) is 28.2. The molecule has 1 fully saturated rings. The number of benzene rings is 2. The Kier molecular flexibility index (Phi) is 13.1. The van der Waals surface area contributed by atoms with Crippen LogP contribution in [0.3, 0.4) is 0 Å². The van der Waals surface area contributed by atoms with Gasteiger partial charge in [-0.1, -0.05) is 80.2 Å². The van der Waals surface area contributed by atoms with Crippen molar-refractivity contribution in [2.45, 2.75) is 70.4 Å². The molecule has 1 saturated heterocycles. The number of halogens is 2. The number of nitrogens with one attached hydrogen (secondary N) is 2. The molecule has 3 atom stereocenters. The van der Waals surface area contributed by atoms with E-state index in [0.29, 0.717) is 41.2 Å². The van der Waals surface area contributed by atoms with Gasteiger partial charge in [-0.05, 0) is 69.6 Å². The zero-order valence-electron chi connectivity index (χ0n) is 23.6. The van der Waals surface area contributed by atoms with E-state index in [9.17, 15) is 9.59 Å². The van der Waals surface area contributed by atoms with E-state index in [0.717, 1.165) is 32.4 Å². The minimum absolute atomic E-state index is 0.0159. The Morgan fingerprint density at radius 2 is 1.87 bits per heavy atom. The third-order valence-corrected chi connectivity index (χ3v) is 8.37. The molecule has 0 saturated carbocycles. The molecule has 8 heteroatoms. The van der Waals surface area contributed by atoms with Crippen LogP contribution in [0.25, 0.3) is 0 Å². The zero-order valence-corrected chi connectivity index (χ0v) is 25.1. The maximum atomic E-state index is 13.8. The van der Waals surface area contributed by atoms with E-state index >= 15 is 0 Å². The third-order valence-electron chi connectivity index (χ3n) is 7.63. The molecule has 2 aromatic carbocycles. The normalized spacial score (nSPS) is 18.7. The van der Waals surface area contributed by atoms with Gasteiger partial charge in [0.1, 0.15) is 0 Å². The number of hydrogen-bond donors (Lipinski definition) is 2. The molecule has 1 heterocycles. The fourth-order valence-electron chi connectivity index (χ4n) is 5.14. The second-order valence-electron chi connectivity index (χ2n) is 10.6. The molecule has 2 amide bonds. The minimum Gasteiger partial charge on any atom is -0.350 e. The summed E-state index contributed by atoms with van der Waals surface area (Å²) in [6.45, 7) is 8.06. The van der Waals surface area contributed by atoms with Crippen LogP contribution in [-0.4, -0.2) is 73.5 Å². The van der Waals surface area contributed by atoms with E-state index in [1.165, 1.54) is 24.8 Å². The summed E-state index contributed by atoms with van der Waals surface area (Å²) in [7, 11) is 2.13. The van der Waals surface area contributed by atoms with Crippen molar-refractivity contribution in [3.8, 4) is 0 Å². The van der Waals surface area contributed by atoms with Gasteiger partial charge in [0.05, 0.1) is 16.1 Å². The van der Waals surface area contributed by atoms with Crippen molar-refractivity contribution in [3.63, 3.8) is 0 Å². The summed E-state index contributed by atoms with van der Waals surface area (Å²) >= 11 is 12.1. The third kappa shape index (κ3) is 9.78. The number of nitrogens with zero attached hydrogens (tertiary/aromatic N) is 2. The van der Waals surface area contributed by atoms with Gasteiger partial charge in [0.15, 0.2) is 0 Å². The lowest BCUT2D eigenvalue weighted by atomic mass is 9.95. The quantitative estimate of drug-likeness (QED) is 0.272. The lowest BCUT2D eigenvalue weighted by molar-refractivity contribution is -0.133. The van der Waals surface area contributed by atoms with Crippen molar-refractivity contribution < 1.29 is 9.59 Å². The molecule has 0 aromatic heterocycles. The van der Waals surface area contributed by atoms with E-state index in [1.54, 1.807) is 18.2 Å². The summed E-state index contributed by atoms with van der Waals surface area (Å²) in [6.07, 6.45) is 6.05. The second kappa shape index (κ2) is 16.2. The maximum absolute atomic E-state index is 13.8. The van der Waals surface area contributed by atoms with Crippen LogP contribution >= 0.6 is 23.2 Å². The first-order valence-corrected chi connectivity index (χ1v) is 15.1. The molecule has 1 aliphatic rings. The number of amides is 2. The van der Waals surface area contributed by atoms with Gasteiger partial charge < -0.3 is 20.4 Å². The van der Waals surface area contributed by atoms with Crippen LogP contribution in [-0.2, 0) is 4.79 Å². The fourth-order valence-corrected chi connectivity index (χ4v) is 5.44. The smallest absolute Gasteiger partial charge is 0.251 e. The lowest BCUT2D eigenvalue weighted by Crippen LogP contribution is -2.50. The monoisotopic (exact) mass is 574 g/mol. The number of hydrogen-bond acceptors (Lipinski definition) is 4. The summed E-state index contributed by atoms with van der Waals surface area (Å²) in [5.41, 5.74) is 1.73. The molecule has 0 radical (unpaired) electrons. The lowest BCUT2D eigenvalue weighted by Gasteiger charge is -2.29. The van der Waals surface area contributed by atoms with Crippen molar-refractivity contribution in [2.24, 2.45) is 0 Å². The van der Waals surface area contributed by atoms with Gasteiger partial charge >= 0.3 is 0 Å². The van der Waals surface area contributed by atoms with Crippen molar-refractivity contribution in [3.05, 3.63) is 69.7 Å². The number of carbonyl (C=O) groups is 2. The molecule has 0 bridgehead atoms. The van der Waals surface area contributed by atoms with Gasteiger partial charge in [0, 0.05) is 37.2 Å². The van der Waals surface area contributed by atoms with Crippen molar-refractivity contribution in [1.29, 1.82) is 0 Å². The molecule has 2 N–H and O–H groups in total. The summed E-state index contributed by atoms with van der Waals surface area (Å²) in [6, 6.07) is 15.0. The van der Waals surface area contributed by atoms with E-state index in [1.807, 2.05) is 11.0 Å². The number of rotatable bonds is 14. The minimum atomic E-state index is -0.290. The fraction of sp³-hybridized carbons (Fsp3) is 0.548. The summed E-state index contributed by atoms with van der Waals surface area (Å²) < 4.78 is 0. The first kappa shape index (κ1) is 31.4. The Morgan fingerprint density at radius 3 is 2.56 bits per heavy atom.